The van der Waals surface area contributed by atoms with Crippen LogP contribution in [0.3, 0.4) is 0 Å². The predicted octanol–water partition coefficient (Wildman–Crippen LogP) is 3.48. The summed E-state index contributed by atoms with van der Waals surface area (Å²) in [5.41, 5.74) is 8.97. The zero-order valence-corrected chi connectivity index (χ0v) is 16.8. The van der Waals surface area contributed by atoms with Crippen LogP contribution in [0.5, 0.6) is 0 Å². The molecule has 0 atom stereocenters. The van der Waals surface area contributed by atoms with Crippen molar-refractivity contribution >= 4 is 23.0 Å². The van der Waals surface area contributed by atoms with Gasteiger partial charge >= 0.3 is 0 Å². The molecule has 4 rings (SSSR count). The molecule has 3 aromatic rings. The van der Waals surface area contributed by atoms with Crippen molar-refractivity contribution in [1.29, 1.82) is 0 Å². The van der Waals surface area contributed by atoms with Gasteiger partial charge in [0.2, 0.25) is 0 Å². The van der Waals surface area contributed by atoms with Gasteiger partial charge in [-0.05, 0) is 43.4 Å². The Bertz CT molecular complexity index is 1050. The number of nitrogens with two attached hydrogens (primary N) is 1. The number of rotatable bonds is 5. The molecule has 6 nitrogen and oxygen atoms in total. The average Bonchev–Trinajstić information content (AvgIpc) is 2.75. The third-order valence-electron chi connectivity index (χ3n) is 5.32. The Morgan fingerprint density at radius 1 is 1.07 bits per heavy atom. The smallest absolute Gasteiger partial charge is 0.269 e. The maximum absolute atomic E-state index is 14.2. The number of anilines is 3. The van der Waals surface area contributed by atoms with E-state index in [9.17, 15) is 9.18 Å². The van der Waals surface area contributed by atoms with E-state index in [0.717, 1.165) is 37.6 Å². The lowest BCUT2D eigenvalue weighted by atomic mass is 10.1. The maximum Gasteiger partial charge on any atom is 0.269 e. The van der Waals surface area contributed by atoms with Crippen LogP contribution in [0.15, 0.2) is 60.8 Å². The first kappa shape index (κ1) is 19.8. The summed E-state index contributed by atoms with van der Waals surface area (Å²) in [6.07, 6.45) is 1.46. The number of primary amides is 1. The number of carbonyl (C=O) groups excluding carboxylic acids is 1. The summed E-state index contributed by atoms with van der Waals surface area (Å²) in [4.78, 5) is 20.7. The number of benzene rings is 2. The number of halogens is 1. The first-order valence-corrected chi connectivity index (χ1v) is 9.86. The van der Waals surface area contributed by atoms with E-state index in [4.69, 9.17) is 5.73 Å². The topological polar surface area (TPSA) is 74.5 Å². The quantitative estimate of drug-likeness (QED) is 0.680. The summed E-state index contributed by atoms with van der Waals surface area (Å²) in [7, 11) is 2.13. The largest absolute Gasteiger partial charge is 0.369 e. The molecule has 0 saturated carbocycles. The molecular weight excluding hydrogens is 381 g/mol. The first-order chi connectivity index (χ1) is 14.5. The number of aromatic nitrogens is 1. The molecule has 3 N–H and O–H groups in total. The standard InChI is InChI=1S/C23H24FN5O/c1-28-10-12-29(13-11-28)18-8-6-17(7-9-18)27-21-14-16(15-26-22(21)23(25)30)19-4-2-3-5-20(19)24/h2-9,14-15,27H,10-13H2,1H3,(H2,25,30). The van der Waals surface area contributed by atoms with Gasteiger partial charge in [0.05, 0.1) is 5.69 Å². The second-order valence-corrected chi connectivity index (χ2v) is 7.43. The fourth-order valence-electron chi connectivity index (χ4n) is 3.57. The third kappa shape index (κ3) is 4.26. The Labute approximate surface area is 175 Å². The molecule has 1 saturated heterocycles. The molecule has 0 unspecified atom stereocenters. The van der Waals surface area contributed by atoms with E-state index in [0.29, 0.717) is 16.8 Å². The molecule has 7 heteroatoms. The molecule has 1 aliphatic rings. The summed E-state index contributed by atoms with van der Waals surface area (Å²) in [6.45, 7) is 4.06. The SMILES string of the molecule is CN1CCN(c2ccc(Nc3cc(-c4ccccc4F)cnc3C(N)=O)cc2)CC1. The van der Waals surface area contributed by atoms with E-state index in [1.807, 2.05) is 24.3 Å². The van der Waals surface area contributed by atoms with Gasteiger partial charge in [-0.1, -0.05) is 18.2 Å². The monoisotopic (exact) mass is 405 g/mol. The van der Waals surface area contributed by atoms with Crippen molar-refractivity contribution in [1.82, 2.24) is 9.88 Å². The minimum absolute atomic E-state index is 0.109. The van der Waals surface area contributed by atoms with Crippen molar-refractivity contribution in [2.45, 2.75) is 0 Å². The zero-order valence-electron chi connectivity index (χ0n) is 16.8. The highest BCUT2D eigenvalue weighted by molar-refractivity contribution is 5.98. The molecule has 0 radical (unpaired) electrons. The first-order valence-electron chi connectivity index (χ1n) is 9.86. The van der Waals surface area contributed by atoms with Crippen LogP contribution in [0.4, 0.5) is 21.5 Å². The number of nitrogens with one attached hydrogen (secondary N) is 1. The van der Waals surface area contributed by atoms with Crippen LogP contribution < -0.4 is 16.0 Å². The number of carbonyl (C=O) groups is 1. The van der Waals surface area contributed by atoms with E-state index in [1.54, 1.807) is 24.3 Å². The Kier molecular flexibility index (Phi) is 5.63. The third-order valence-corrected chi connectivity index (χ3v) is 5.32. The Morgan fingerprint density at radius 2 is 1.77 bits per heavy atom. The van der Waals surface area contributed by atoms with E-state index in [2.05, 4.69) is 27.1 Å². The van der Waals surface area contributed by atoms with Gasteiger partial charge in [0.1, 0.15) is 5.82 Å². The van der Waals surface area contributed by atoms with Gasteiger partial charge in [-0.25, -0.2) is 9.37 Å². The number of hydrogen-bond donors (Lipinski definition) is 2. The zero-order chi connectivity index (χ0) is 21.1. The summed E-state index contributed by atoms with van der Waals surface area (Å²) < 4.78 is 14.2. The van der Waals surface area contributed by atoms with Crippen LogP contribution in [0.25, 0.3) is 11.1 Å². The van der Waals surface area contributed by atoms with Crippen LogP contribution >= 0.6 is 0 Å². The lowest BCUT2D eigenvalue weighted by Gasteiger charge is -2.34. The average molecular weight is 405 g/mol. The second kappa shape index (κ2) is 8.51. The van der Waals surface area contributed by atoms with Crippen molar-refractivity contribution in [2.75, 3.05) is 43.4 Å². The van der Waals surface area contributed by atoms with Crippen molar-refractivity contribution in [3.8, 4) is 11.1 Å². The van der Waals surface area contributed by atoms with Gasteiger partial charge in [-0.2, -0.15) is 0 Å². The van der Waals surface area contributed by atoms with Gasteiger partial charge in [0.15, 0.2) is 5.69 Å². The van der Waals surface area contributed by atoms with E-state index < -0.39 is 5.91 Å². The number of piperazine rings is 1. The molecule has 0 aliphatic carbocycles. The van der Waals surface area contributed by atoms with Crippen molar-refractivity contribution in [2.24, 2.45) is 5.73 Å². The molecule has 0 bridgehead atoms. The maximum atomic E-state index is 14.2. The number of hydrogen-bond acceptors (Lipinski definition) is 5. The van der Waals surface area contributed by atoms with Crippen molar-refractivity contribution < 1.29 is 9.18 Å². The molecule has 154 valence electrons. The van der Waals surface area contributed by atoms with Crippen molar-refractivity contribution in [3.63, 3.8) is 0 Å². The summed E-state index contributed by atoms with van der Waals surface area (Å²) in [5, 5.41) is 3.21. The van der Waals surface area contributed by atoms with Crippen LogP contribution in [-0.2, 0) is 0 Å². The molecule has 1 aromatic heterocycles. The molecule has 30 heavy (non-hydrogen) atoms. The normalized spacial score (nSPS) is 14.5. The van der Waals surface area contributed by atoms with Crippen LogP contribution in [0, 0.1) is 5.82 Å². The minimum Gasteiger partial charge on any atom is -0.369 e. The number of pyridine rings is 1. The molecule has 2 aromatic carbocycles. The summed E-state index contributed by atoms with van der Waals surface area (Å²) in [6, 6.07) is 16.1. The highest BCUT2D eigenvalue weighted by Crippen LogP contribution is 2.29. The molecule has 1 aliphatic heterocycles. The Morgan fingerprint density at radius 3 is 2.43 bits per heavy atom. The fourth-order valence-corrected chi connectivity index (χ4v) is 3.57. The van der Waals surface area contributed by atoms with Crippen LogP contribution in [0.2, 0.25) is 0 Å². The fraction of sp³-hybridized carbons (Fsp3) is 0.217. The molecular formula is C23H24FN5O. The lowest BCUT2D eigenvalue weighted by molar-refractivity contribution is 0.0996. The Balaban J connectivity index is 1.59. The van der Waals surface area contributed by atoms with Gasteiger partial charge in [0, 0.05) is 54.9 Å². The number of likely N-dealkylation sites (N-methyl/N-ethyl adjacent to an activating group) is 1. The molecule has 2 heterocycles. The van der Waals surface area contributed by atoms with Crippen molar-refractivity contribution in [3.05, 3.63) is 72.3 Å². The summed E-state index contributed by atoms with van der Waals surface area (Å²) >= 11 is 0. The van der Waals surface area contributed by atoms with Crippen LogP contribution in [0.1, 0.15) is 10.5 Å². The molecule has 1 amide bonds. The van der Waals surface area contributed by atoms with E-state index in [1.165, 1.54) is 12.3 Å². The van der Waals surface area contributed by atoms with Gasteiger partial charge in [0.25, 0.3) is 5.91 Å². The molecule has 1 fully saturated rings. The summed E-state index contributed by atoms with van der Waals surface area (Å²) in [5.74, 6) is -1.000. The minimum atomic E-state index is -0.647. The Hall–Kier alpha value is -3.45. The highest BCUT2D eigenvalue weighted by Gasteiger charge is 2.16. The lowest BCUT2D eigenvalue weighted by Crippen LogP contribution is -2.44. The molecule has 0 spiro atoms. The van der Waals surface area contributed by atoms with Crippen LogP contribution in [-0.4, -0.2) is 49.0 Å². The van der Waals surface area contributed by atoms with E-state index >= 15 is 0 Å². The van der Waals surface area contributed by atoms with E-state index in [-0.39, 0.29) is 11.5 Å². The number of nitrogens with zero attached hydrogens (tertiary/aromatic N) is 3. The van der Waals surface area contributed by atoms with Gasteiger partial charge in [-0.15, -0.1) is 0 Å². The second-order valence-electron chi connectivity index (χ2n) is 7.43. The van der Waals surface area contributed by atoms with Gasteiger partial charge < -0.3 is 20.9 Å². The number of amides is 1. The predicted molar refractivity (Wildman–Crippen MR) is 118 cm³/mol. The highest BCUT2D eigenvalue weighted by atomic mass is 19.1. The van der Waals surface area contributed by atoms with Gasteiger partial charge in [-0.3, -0.25) is 4.79 Å².